The third kappa shape index (κ3) is 11.7. The molecule has 6 aromatic heterocycles. The van der Waals surface area contributed by atoms with Gasteiger partial charge in [0.1, 0.15) is 24.7 Å². The van der Waals surface area contributed by atoms with Gasteiger partial charge in [0.15, 0.2) is 29.0 Å². The van der Waals surface area contributed by atoms with E-state index in [1.54, 1.807) is 78.1 Å². The van der Waals surface area contributed by atoms with Crippen molar-refractivity contribution in [2.45, 2.75) is 65.7 Å². The van der Waals surface area contributed by atoms with Crippen molar-refractivity contribution in [3.63, 3.8) is 0 Å². The number of aliphatic imine (C=N–C) groups is 1. The number of methoxy groups -OCH3 is 2. The second-order valence-electron chi connectivity index (χ2n) is 15.4. The summed E-state index contributed by atoms with van der Waals surface area (Å²) in [6.07, 6.45) is 5.86. The number of hydrogen-bond acceptors (Lipinski definition) is 19. The van der Waals surface area contributed by atoms with E-state index in [9.17, 15) is 39.0 Å². The minimum absolute atomic E-state index is 0. The van der Waals surface area contributed by atoms with E-state index in [1.165, 1.54) is 28.0 Å². The van der Waals surface area contributed by atoms with Crippen LogP contribution in [0.1, 0.15) is 47.1 Å². The van der Waals surface area contributed by atoms with Crippen LogP contribution in [0.2, 0.25) is 0 Å². The summed E-state index contributed by atoms with van der Waals surface area (Å²) >= 11 is 0. The van der Waals surface area contributed by atoms with Gasteiger partial charge in [0.05, 0.1) is 33.2 Å². The van der Waals surface area contributed by atoms with E-state index in [-0.39, 0.29) is 28.6 Å². The Bertz CT molecular complexity index is 3180. The Morgan fingerprint density at radius 1 is 0.794 bits per heavy atom. The molecule has 0 unspecified atom stereocenters. The summed E-state index contributed by atoms with van der Waals surface area (Å²) in [5.74, 6) is -1.84. The first kappa shape index (κ1) is 53.5. The van der Waals surface area contributed by atoms with Crippen LogP contribution in [0, 0.1) is 17.9 Å². The molecule has 6 aromatic rings. The molecule has 0 aliphatic heterocycles. The van der Waals surface area contributed by atoms with Crippen molar-refractivity contribution >= 4 is 47.4 Å². The van der Waals surface area contributed by atoms with Gasteiger partial charge in [-0.15, -0.1) is 10.2 Å². The number of nitrogens with zero attached hydrogens (tertiary/aromatic N) is 15. The Labute approximate surface area is 395 Å². The number of nitrogen functional groups attached to an aromatic ring is 1. The third-order valence-electron chi connectivity index (χ3n) is 8.86. The van der Waals surface area contributed by atoms with Gasteiger partial charge < -0.3 is 25.4 Å². The van der Waals surface area contributed by atoms with E-state index in [0.717, 1.165) is 23.4 Å². The van der Waals surface area contributed by atoms with Crippen LogP contribution in [-0.2, 0) is 60.3 Å². The fourth-order valence-electron chi connectivity index (χ4n) is 5.70. The monoisotopic (exact) mass is 976 g/mol. The topological polar surface area (TPSA) is 334 Å². The van der Waals surface area contributed by atoms with Gasteiger partial charge in [-0.2, -0.15) is 20.1 Å². The molecular formula is C41H44FeN16O10. The minimum atomic E-state index is -1.01. The Hall–Kier alpha value is -8.81. The van der Waals surface area contributed by atoms with Crippen LogP contribution in [0.15, 0.2) is 95.6 Å². The maximum absolute atomic E-state index is 13.1. The van der Waals surface area contributed by atoms with Gasteiger partial charge in [0.25, 0.3) is 16.8 Å². The smallest absolute Gasteiger partial charge is 0.334 e. The minimum Gasteiger partial charge on any atom is -0.493 e. The first-order chi connectivity index (χ1) is 31.6. The molecule has 0 fully saturated rings. The summed E-state index contributed by atoms with van der Waals surface area (Å²) in [7, 11) is 2.27. The Morgan fingerprint density at radius 2 is 1.26 bits per heavy atom. The van der Waals surface area contributed by atoms with Crippen LogP contribution in [0.4, 0.5) is 28.7 Å². The number of nitriles is 1. The van der Waals surface area contributed by atoms with Crippen LogP contribution in [0.5, 0.6) is 11.8 Å². The summed E-state index contributed by atoms with van der Waals surface area (Å²) in [4.78, 5) is 88.4. The normalized spacial score (nSPS) is 10.9. The van der Waals surface area contributed by atoms with Crippen LogP contribution in [0.25, 0.3) is 16.5 Å². The maximum atomic E-state index is 13.1. The predicted octanol–water partition coefficient (Wildman–Crippen LogP) is 2.88. The van der Waals surface area contributed by atoms with Crippen molar-refractivity contribution < 1.29 is 46.3 Å². The number of anilines is 1. The molecule has 0 radical (unpaired) electrons. The van der Waals surface area contributed by atoms with Crippen molar-refractivity contribution in [2.24, 2.45) is 15.2 Å². The fraction of sp³-hybridized carbons (Fsp3) is 0.293. The van der Waals surface area contributed by atoms with Gasteiger partial charge in [-0.05, 0) is 72.5 Å². The molecule has 0 saturated heterocycles. The molecule has 4 N–H and O–H groups in total. The molecule has 0 aromatic carbocycles. The second kappa shape index (κ2) is 22.4. The second-order valence-corrected chi connectivity index (χ2v) is 15.4. The Kier molecular flexibility index (Phi) is 17.6. The number of aromatic hydroxyl groups is 2. The standard InChI is InChI=1S/C20H20N8O5.C11H17N3O5.C10H7N5.Fe/c1-20(2,3)27-18(31)15(17(30)26(19(27)32)11-14(29)33-5)24-25-16-12(21-4)10-23-28(16)13-8-6-7-9-22-13;1-11(2,3)14-9(17)7(12)8(16)13(10(14)18)5-6(15)19-4;1-12-10-8(6-11)7-14-15(10)9-4-2-3-5-13-9;/h6-10,30H,11H2,1-3,5H3;16H,5,12H2,1-4H3;2-5,7H,1H2;. The number of carbonyl (C=O) groups is 2. The largest absolute Gasteiger partial charge is 0.493 e. The quantitative estimate of drug-likeness (QED) is 0.0616. The SMILES string of the molecule is C=Nc1c(C#N)cnn1-c1ccccn1.COC(=O)Cn1c(O)c(N)c(=O)n(C(C)(C)C)c1=O.[C-]#[N+]c1cnn(-c2ccccn2)c1N=Nc1c(O)n(CC(=O)OC)c(=O)n(C(C)(C)C)c1=O.[Fe]. The van der Waals surface area contributed by atoms with E-state index in [4.69, 9.17) is 17.6 Å². The van der Waals surface area contributed by atoms with E-state index < -0.39 is 81.7 Å². The van der Waals surface area contributed by atoms with E-state index in [2.05, 4.69) is 56.4 Å². The average Bonchev–Trinajstić information content (AvgIpc) is 3.92. The molecule has 0 bridgehead atoms. The fourth-order valence-corrected chi connectivity index (χ4v) is 5.70. The van der Waals surface area contributed by atoms with Gasteiger partial charge in [0, 0.05) is 40.5 Å². The van der Waals surface area contributed by atoms with E-state index in [0.29, 0.717) is 32.2 Å². The number of pyridine rings is 2. The Morgan fingerprint density at radius 3 is 1.69 bits per heavy atom. The molecule has 26 nitrogen and oxygen atoms in total. The van der Waals surface area contributed by atoms with Crippen molar-refractivity contribution in [2.75, 3.05) is 20.0 Å². The van der Waals surface area contributed by atoms with Gasteiger partial charge in [-0.25, -0.2) is 34.1 Å². The molecule has 0 aliphatic carbocycles. The molecule has 0 spiro atoms. The number of nitrogens with two attached hydrogens (primary N) is 1. The van der Waals surface area contributed by atoms with E-state index >= 15 is 0 Å². The third-order valence-corrected chi connectivity index (χ3v) is 8.86. The predicted molar refractivity (Wildman–Crippen MR) is 239 cm³/mol. The van der Waals surface area contributed by atoms with Gasteiger partial charge in [-0.1, -0.05) is 12.1 Å². The number of aromatic nitrogens is 10. The van der Waals surface area contributed by atoms with Crippen molar-refractivity contribution in [1.82, 2.24) is 47.8 Å². The maximum Gasteiger partial charge on any atom is 0.334 e. The van der Waals surface area contributed by atoms with Crippen LogP contribution >= 0.6 is 0 Å². The molecule has 0 saturated carbocycles. The van der Waals surface area contributed by atoms with Crippen LogP contribution in [0.3, 0.4) is 0 Å². The summed E-state index contributed by atoms with van der Waals surface area (Å²) in [5, 5.41) is 45.0. The summed E-state index contributed by atoms with van der Waals surface area (Å²) < 4.78 is 14.8. The molecule has 356 valence electrons. The van der Waals surface area contributed by atoms with Crippen molar-refractivity contribution in [3.05, 3.63) is 120 Å². The Balaban J connectivity index is 0.000000296. The summed E-state index contributed by atoms with van der Waals surface area (Å²) in [6.45, 7) is 19.3. The van der Waals surface area contributed by atoms with Gasteiger partial charge in [-0.3, -0.25) is 37.4 Å². The molecule has 0 aliphatic rings. The zero-order chi connectivity index (χ0) is 50.0. The average molecular weight is 977 g/mol. The molecule has 6 heterocycles. The molecule has 0 amide bonds. The first-order valence-electron chi connectivity index (χ1n) is 19.3. The number of hydrogen-bond donors (Lipinski definition) is 3. The zero-order valence-corrected chi connectivity index (χ0v) is 38.8. The van der Waals surface area contributed by atoms with Crippen molar-refractivity contribution in [3.8, 4) is 29.5 Å². The summed E-state index contributed by atoms with van der Waals surface area (Å²) in [6, 6.07) is 12.4. The number of ether oxygens (including phenoxy) is 2. The van der Waals surface area contributed by atoms with Gasteiger partial charge in [0.2, 0.25) is 17.4 Å². The molecule has 27 heteroatoms. The number of esters is 2. The molecular weight excluding hydrogens is 932 g/mol. The number of azo groups is 1. The molecule has 6 rings (SSSR count). The van der Waals surface area contributed by atoms with Crippen molar-refractivity contribution in [1.29, 1.82) is 5.26 Å². The number of rotatable bonds is 9. The van der Waals surface area contributed by atoms with E-state index in [1.807, 2.05) is 12.1 Å². The summed E-state index contributed by atoms with van der Waals surface area (Å²) in [5.41, 5.74) is -0.535. The molecule has 0 atom stereocenters. The van der Waals surface area contributed by atoms with Crippen LogP contribution in [-0.4, -0.2) is 90.9 Å². The van der Waals surface area contributed by atoms with Crippen LogP contribution < -0.4 is 28.2 Å². The first-order valence-corrected chi connectivity index (χ1v) is 19.3. The van der Waals surface area contributed by atoms with Gasteiger partial charge >= 0.3 is 23.3 Å². The molecule has 68 heavy (non-hydrogen) atoms. The zero-order valence-electron chi connectivity index (χ0n) is 37.7. The number of carbonyl (C=O) groups excluding carboxylic acids is 2.